The van der Waals surface area contributed by atoms with Gasteiger partial charge in [-0.25, -0.2) is 0 Å². The number of hydrogen-bond donors (Lipinski definition) is 2. The third-order valence-corrected chi connectivity index (χ3v) is 5.21. The van der Waals surface area contributed by atoms with Crippen molar-refractivity contribution >= 4 is 22.5 Å². The van der Waals surface area contributed by atoms with E-state index in [4.69, 9.17) is 0 Å². The van der Waals surface area contributed by atoms with Crippen molar-refractivity contribution in [1.82, 2.24) is 9.97 Å². The van der Waals surface area contributed by atoms with Gasteiger partial charge >= 0.3 is 0 Å². The zero-order valence-electron chi connectivity index (χ0n) is 16.8. The summed E-state index contributed by atoms with van der Waals surface area (Å²) < 4.78 is 0. The number of fused-ring (bicyclic) bond motifs is 1. The van der Waals surface area contributed by atoms with Gasteiger partial charge in [0.15, 0.2) is 0 Å². The Morgan fingerprint density at radius 3 is 2.52 bits per heavy atom. The minimum absolute atomic E-state index is 0.0265. The van der Waals surface area contributed by atoms with Gasteiger partial charge in [-0.2, -0.15) is 0 Å². The predicted molar refractivity (Wildman–Crippen MR) is 118 cm³/mol. The second kappa shape index (κ2) is 8.31. The van der Waals surface area contributed by atoms with Crippen LogP contribution in [0.3, 0.4) is 0 Å². The predicted octanol–water partition coefficient (Wildman–Crippen LogP) is 5.46. The van der Waals surface area contributed by atoms with Crippen LogP contribution in [-0.4, -0.2) is 15.9 Å². The van der Waals surface area contributed by atoms with Crippen molar-refractivity contribution in [3.05, 3.63) is 95.4 Å². The molecule has 0 fully saturated rings. The van der Waals surface area contributed by atoms with Crippen molar-refractivity contribution in [3.63, 3.8) is 0 Å². The summed E-state index contributed by atoms with van der Waals surface area (Å²) in [5, 5.41) is 4.11. The molecule has 4 aromatic rings. The highest BCUT2D eigenvalue weighted by molar-refractivity contribution is 5.96. The fourth-order valence-corrected chi connectivity index (χ4v) is 3.63. The first-order valence-corrected chi connectivity index (χ1v) is 9.97. The number of rotatable bonds is 6. The lowest BCUT2D eigenvalue weighted by Gasteiger charge is -2.09. The second-order valence-corrected chi connectivity index (χ2v) is 7.67. The number of aromatic nitrogens is 2. The molecular formula is C25H25N3O. The van der Waals surface area contributed by atoms with Crippen molar-refractivity contribution < 1.29 is 4.79 Å². The van der Waals surface area contributed by atoms with Crippen LogP contribution in [0, 0.1) is 0 Å². The molecule has 4 rings (SSSR count). The van der Waals surface area contributed by atoms with E-state index >= 15 is 0 Å². The molecule has 29 heavy (non-hydrogen) atoms. The van der Waals surface area contributed by atoms with Crippen molar-refractivity contribution in [3.8, 4) is 0 Å². The van der Waals surface area contributed by atoms with Crippen molar-refractivity contribution in [2.45, 2.75) is 32.6 Å². The number of nitrogens with one attached hydrogen (secondary N) is 2. The van der Waals surface area contributed by atoms with E-state index in [-0.39, 0.29) is 5.91 Å². The Bertz CT molecular complexity index is 1110. The van der Waals surface area contributed by atoms with Gasteiger partial charge in [-0.05, 0) is 46.9 Å². The molecule has 1 amide bonds. The Kier molecular flexibility index (Phi) is 5.43. The van der Waals surface area contributed by atoms with Crippen molar-refractivity contribution in [2.24, 2.45) is 0 Å². The Balaban J connectivity index is 1.70. The maximum Gasteiger partial charge on any atom is 0.228 e. The summed E-state index contributed by atoms with van der Waals surface area (Å²) in [7, 11) is 0. The van der Waals surface area contributed by atoms with E-state index in [1.54, 1.807) is 24.5 Å². The molecule has 4 nitrogen and oxygen atoms in total. The summed E-state index contributed by atoms with van der Waals surface area (Å²) in [6.07, 6.45) is 4.45. The van der Waals surface area contributed by atoms with Crippen LogP contribution in [0.2, 0.25) is 0 Å². The van der Waals surface area contributed by atoms with Crippen LogP contribution in [0.1, 0.15) is 42.1 Å². The van der Waals surface area contributed by atoms with Gasteiger partial charge < -0.3 is 10.3 Å². The van der Waals surface area contributed by atoms with Gasteiger partial charge in [0.1, 0.15) is 0 Å². The fourth-order valence-electron chi connectivity index (χ4n) is 3.63. The molecule has 2 heterocycles. The summed E-state index contributed by atoms with van der Waals surface area (Å²) in [6.45, 7) is 4.38. The number of amides is 1. The molecule has 2 N–H and O–H groups in total. The molecule has 2 aromatic heterocycles. The quantitative estimate of drug-likeness (QED) is 0.465. The maximum absolute atomic E-state index is 12.8. The van der Waals surface area contributed by atoms with Crippen LogP contribution in [-0.2, 0) is 17.6 Å². The van der Waals surface area contributed by atoms with E-state index in [9.17, 15) is 4.79 Å². The van der Waals surface area contributed by atoms with Crippen LogP contribution < -0.4 is 5.32 Å². The highest BCUT2D eigenvalue weighted by atomic mass is 16.1. The summed E-state index contributed by atoms with van der Waals surface area (Å²) in [5.41, 5.74) is 6.50. The van der Waals surface area contributed by atoms with Gasteiger partial charge in [0, 0.05) is 41.1 Å². The van der Waals surface area contributed by atoms with E-state index in [1.807, 2.05) is 18.2 Å². The smallest absolute Gasteiger partial charge is 0.228 e. The van der Waals surface area contributed by atoms with Crippen LogP contribution in [0.4, 0.5) is 5.69 Å². The average Bonchev–Trinajstić information content (AvgIpc) is 3.05. The average molecular weight is 383 g/mol. The fraction of sp³-hybridized carbons (Fsp3) is 0.200. The van der Waals surface area contributed by atoms with Crippen molar-refractivity contribution in [2.75, 3.05) is 5.32 Å². The van der Waals surface area contributed by atoms with E-state index in [0.717, 1.165) is 34.3 Å². The standard InChI is InChI=1S/C25H25N3O/c1-17(2)19-8-9-23-21(15-19)22(16-25(29)27-20-10-12-26-13-11-20)24(28-23)14-18-6-4-3-5-7-18/h3-13,15,17,28H,14,16H2,1-2H3,(H,26,27,29). The minimum Gasteiger partial charge on any atom is -0.358 e. The number of nitrogens with zero attached hydrogens (tertiary/aromatic N) is 1. The van der Waals surface area contributed by atoms with Crippen molar-refractivity contribution in [1.29, 1.82) is 0 Å². The Labute approximate surface area is 171 Å². The summed E-state index contributed by atoms with van der Waals surface area (Å²) in [4.78, 5) is 20.4. The maximum atomic E-state index is 12.8. The molecule has 0 atom stereocenters. The number of benzene rings is 2. The molecule has 0 saturated heterocycles. The molecule has 0 unspecified atom stereocenters. The molecule has 2 aromatic carbocycles. The number of hydrogen-bond acceptors (Lipinski definition) is 2. The minimum atomic E-state index is -0.0265. The molecule has 146 valence electrons. The zero-order chi connectivity index (χ0) is 20.2. The monoisotopic (exact) mass is 383 g/mol. The molecular weight excluding hydrogens is 358 g/mol. The molecule has 4 heteroatoms. The summed E-state index contributed by atoms with van der Waals surface area (Å²) in [5.74, 6) is 0.409. The van der Waals surface area contributed by atoms with E-state index in [0.29, 0.717) is 12.3 Å². The van der Waals surface area contributed by atoms with Crippen LogP contribution in [0.5, 0.6) is 0 Å². The van der Waals surface area contributed by atoms with Crippen LogP contribution >= 0.6 is 0 Å². The van der Waals surface area contributed by atoms with Gasteiger partial charge in [0.2, 0.25) is 5.91 Å². The number of anilines is 1. The highest BCUT2D eigenvalue weighted by Crippen LogP contribution is 2.28. The highest BCUT2D eigenvalue weighted by Gasteiger charge is 2.16. The van der Waals surface area contributed by atoms with Crippen LogP contribution in [0.25, 0.3) is 10.9 Å². The Morgan fingerprint density at radius 1 is 1.03 bits per heavy atom. The lowest BCUT2D eigenvalue weighted by molar-refractivity contribution is -0.115. The topological polar surface area (TPSA) is 57.8 Å². The Morgan fingerprint density at radius 2 is 1.79 bits per heavy atom. The van der Waals surface area contributed by atoms with E-state index in [1.165, 1.54) is 11.1 Å². The van der Waals surface area contributed by atoms with Crippen LogP contribution in [0.15, 0.2) is 73.1 Å². The third kappa shape index (κ3) is 4.37. The first-order valence-electron chi connectivity index (χ1n) is 9.97. The first kappa shape index (κ1) is 18.9. The molecule has 0 aliphatic rings. The largest absolute Gasteiger partial charge is 0.358 e. The SMILES string of the molecule is CC(C)c1ccc2[nH]c(Cc3ccccc3)c(CC(=O)Nc3ccncc3)c2c1. The molecule has 0 bridgehead atoms. The van der Waals surface area contributed by atoms with E-state index in [2.05, 4.69) is 59.5 Å². The third-order valence-electron chi connectivity index (χ3n) is 5.21. The normalized spacial score (nSPS) is 11.1. The van der Waals surface area contributed by atoms with Gasteiger partial charge in [0.25, 0.3) is 0 Å². The van der Waals surface area contributed by atoms with Gasteiger partial charge in [-0.1, -0.05) is 50.2 Å². The second-order valence-electron chi connectivity index (χ2n) is 7.67. The number of pyridine rings is 1. The molecule has 0 aliphatic heterocycles. The molecule has 0 spiro atoms. The molecule has 0 radical (unpaired) electrons. The summed E-state index contributed by atoms with van der Waals surface area (Å²) in [6, 6.07) is 20.5. The number of carbonyl (C=O) groups excluding carboxylic acids is 1. The first-order chi connectivity index (χ1) is 14.1. The number of carbonyl (C=O) groups is 1. The number of aromatic amines is 1. The molecule has 0 aliphatic carbocycles. The lowest BCUT2D eigenvalue weighted by Crippen LogP contribution is -2.15. The Hall–Kier alpha value is -3.40. The van der Waals surface area contributed by atoms with Gasteiger partial charge in [-0.15, -0.1) is 0 Å². The van der Waals surface area contributed by atoms with Gasteiger partial charge in [0.05, 0.1) is 6.42 Å². The lowest BCUT2D eigenvalue weighted by atomic mass is 9.97. The summed E-state index contributed by atoms with van der Waals surface area (Å²) >= 11 is 0. The van der Waals surface area contributed by atoms with E-state index < -0.39 is 0 Å². The zero-order valence-corrected chi connectivity index (χ0v) is 16.8. The number of H-pyrrole nitrogens is 1. The van der Waals surface area contributed by atoms with Gasteiger partial charge in [-0.3, -0.25) is 9.78 Å². The molecule has 0 saturated carbocycles.